The summed E-state index contributed by atoms with van der Waals surface area (Å²) in [5, 5.41) is 11.9. The van der Waals surface area contributed by atoms with E-state index in [-0.39, 0.29) is 12.1 Å². The standard InChI is InChI=1S/C21H30N2O5/c1-15(2)12-21(3,20(25)28-18-10-11-27-14-18)22-13-17-6-4-16(5-7-17)8-9-19(24)23-26/h4-9,15,18,22,26H,10-14H2,1-3H3,(H,23,24). The van der Waals surface area contributed by atoms with Crippen molar-refractivity contribution < 1.29 is 24.3 Å². The minimum Gasteiger partial charge on any atom is -0.458 e. The molecule has 0 bridgehead atoms. The van der Waals surface area contributed by atoms with E-state index in [1.165, 1.54) is 6.08 Å². The number of carbonyl (C=O) groups excluding carboxylic acids is 2. The van der Waals surface area contributed by atoms with Crippen LogP contribution in [0.4, 0.5) is 0 Å². The zero-order chi connectivity index (χ0) is 20.6. The van der Waals surface area contributed by atoms with Crippen molar-refractivity contribution in [2.75, 3.05) is 13.2 Å². The Hall–Kier alpha value is -2.22. The van der Waals surface area contributed by atoms with Crippen LogP contribution in [0, 0.1) is 5.92 Å². The summed E-state index contributed by atoms with van der Waals surface area (Å²) in [6.45, 7) is 7.65. The first kappa shape index (κ1) is 22.1. The second-order valence-corrected chi connectivity index (χ2v) is 7.73. The van der Waals surface area contributed by atoms with Crippen LogP contribution in [0.5, 0.6) is 0 Å². The van der Waals surface area contributed by atoms with E-state index in [0.717, 1.165) is 17.5 Å². The van der Waals surface area contributed by atoms with Gasteiger partial charge in [0.15, 0.2) is 0 Å². The molecule has 154 valence electrons. The van der Waals surface area contributed by atoms with Crippen molar-refractivity contribution in [1.29, 1.82) is 0 Å². The molecule has 1 fully saturated rings. The van der Waals surface area contributed by atoms with Gasteiger partial charge in [-0.3, -0.25) is 20.1 Å². The maximum atomic E-state index is 12.8. The SMILES string of the molecule is CC(C)CC(C)(NCc1ccc(C=CC(=O)NO)cc1)C(=O)OC1CCOC1. The zero-order valence-corrected chi connectivity index (χ0v) is 16.7. The molecule has 2 rings (SSSR count). The van der Waals surface area contributed by atoms with E-state index < -0.39 is 11.4 Å². The van der Waals surface area contributed by atoms with Crippen molar-refractivity contribution in [1.82, 2.24) is 10.8 Å². The molecule has 0 aliphatic carbocycles. The largest absolute Gasteiger partial charge is 0.458 e. The molecule has 1 aliphatic rings. The Kier molecular flexibility index (Phi) is 8.17. The van der Waals surface area contributed by atoms with Crippen LogP contribution in [0.25, 0.3) is 6.08 Å². The van der Waals surface area contributed by atoms with Gasteiger partial charge in [0.1, 0.15) is 11.6 Å². The molecular formula is C21H30N2O5. The van der Waals surface area contributed by atoms with Gasteiger partial charge in [-0.15, -0.1) is 0 Å². The lowest BCUT2D eigenvalue weighted by Gasteiger charge is -2.31. The number of nitrogens with one attached hydrogen (secondary N) is 2. The second kappa shape index (κ2) is 10.4. The monoisotopic (exact) mass is 390 g/mol. The van der Waals surface area contributed by atoms with Crippen LogP contribution in [0.1, 0.15) is 44.7 Å². The van der Waals surface area contributed by atoms with Crippen LogP contribution in [0.15, 0.2) is 30.3 Å². The summed E-state index contributed by atoms with van der Waals surface area (Å²) in [6, 6.07) is 7.59. The number of hydroxylamine groups is 1. The third-order valence-electron chi connectivity index (χ3n) is 4.63. The first-order chi connectivity index (χ1) is 13.3. The van der Waals surface area contributed by atoms with Gasteiger partial charge < -0.3 is 9.47 Å². The average molecular weight is 390 g/mol. The Morgan fingerprint density at radius 2 is 2.07 bits per heavy atom. The van der Waals surface area contributed by atoms with E-state index in [1.54, 1.807) is 11.6 Å². The average Bonchev–Trinajstić information content (AvgIpc) is 3.17. The van der Waals surface area contributed by atoms with Gasteiger partial charge in [0.25, 0.3) is 5.91 Å². The molecule has 0 spiro atoms. The zero-order valence-electron chi connectivity index (χ0n) is 16.7. The summed E-state index contributed by atoms with van der Waals surface area (Å²) < 4.78 is 10.9. The van der Waals surface area contributed by atoms with Crippen LogP contribution < -0.4 is 10.8 Å². The first-order valence-corrected chi connectivity index (χ1v) is 9.57. The van der Waals surface area contributed by atoms with E-state index >= 15 is 0 Å². The highest BCUT2D eigenvalue weighted by molar-refractivity contribution is 5.90. The number of hydrogen-bond donors (Lipinski definition) is 3. The lowest BCUT2D eigenvalue weighted by Crippen LogP contribution is -2.52. The number of benzene rings is 1. The molecule has 2 atom stereocenters. The normalized spacial score (nSPS) is 19.0. The quantitative estimate of drug-likeness (QED) is 0.259. The first-order valence-electron chi connectivity index (χ1n) is 9.57. The fraction of sp³-hybridized carbons (Fsp3) is 0.524. The molecule has 1 aromatic rings. The predicted octanol–water partition coefficient (Wildman–Crippen LogP) is 2.43. The fourth-order valence-electron chi connectivity index (χ4n) is 3.18. The Bertz CT molecular complexity index is 681. The molecule has 1 heterocycles. The molecule has 0 radical (unpaired) electrons. The molecular weight excluding hydrogens is 360 g/mol. The minimum absolute atomic E-state index is 0.164. The van der Waals surface area contributed by atoms with E-state index in [1.807, 2.05) is 31.2 Å². The van der Waals surface area contributed by atoms with Gasteiger partial charge in [-0.1, -0.05) is 38.1 Å². The fourth-order valence-corrected chi connectivity index (χ4v) is 3.18. The number of hydrogen-bond acceptors (Lipinski definition) is 6. The molecule has 7 heteroatoms. The maximum absolute atomic E-state index is 12.8. The van der Waals surface area contributed by atoms with Gasteiger partial charge in [0.05, 0.1) is 13.2 Å². The van der Waals surface area contributed by atoms with E-state index in [9.17, 15) is 9.59 Å². The molecule has 2 unspecified atom stereocenters. The molecule has 0 saturated carbocycles. The minimum atomic E-state index is -0.783. The number of amides is 1. The van der Waals surface area contributed by atoms with Gasteiger partial charge in [0, 0.05) is 19.0 Å². The van der Waals surface area contributed by atoms with E-state index in [2.05, 4.69) is 19.2 Å². The highest BCUT2D eigenvalue weighted by Crippen LogP contribution is 2.22. The maximum Gasteiger partial charge on any atom is 0.326 e. The number of esters is 1. The van der Waals surface area contributed by atoms with Crippen LogP contribution in [0.3, 0.4) is 0 Å². The van der Waals surface area contributed by atoms with Crippen molar-refractivity contribution >= 4 is 18.0 Å². The molecule has 1 aromatic carbocycles. The lowest BCUT2D eigenvalue weighted by atomic mass is 9.90. The van der Waals surface area contributed by atoms with Crippen LogP contribution in [-0.2, 0) is 25.6 Å². The Morgan fingerprint density at radius 3 is 2.64 bits per heavy atom. The molecule has 1 saturated heterocycles. The summed E-state index contributed by atoms with van der Waals surface area (Å²) in [5.41, 5.74) is 2.61. The van der Waals surface area contributed by atoms with Gasteiger partial charge in [-0.2, -0.15) is 0 Å². The smallest absolute Gasteiger partial charge is 0.326 e. The van der Waals surface area contributed by atoms with Crippen LogP contribution in [-0.4, -0.2) is 41.9 Å². The molecule has 28 heavy (non-hydrogen) atoms. The third-order valence-corrected chi connectivity index (χ3v) is 4.63. The number of rotatable bonds is 9. The number of ether oxygens (including phenoxy) is 2. The molecule has 7 nitrogen and oxygen atoms in total. The molecule has 0 aromatic heterocycles. The number of carbonyl (C=O) groups is 2. The van der Waals surface area contributed by atoms with Crippen molar-refractivity contribution in [3.05, 3.63) is 41.5 Å². The highest BCUT2D eigenvalue weighted by Gasteiger charge is 2.37. The summed E-state index contributed by atoms with van der Waals surface area (Å²) in [7, 11) is 0. The van der Waals surface area contributed by atoms with Gasteiger partial charge in [-0.05, 0) is 36.5 Å². The third kappa shape index (κ3) is 6.74. The lowest BCUT2D eigenvalue weighted by molar-refractivity contribution is -0.157. The highest BCUT2D eigenvalue weighted by atomic mass is 16.6. The Morgan fingerprint density at radius 1 is 1.36 bits per heavy atom. The summed E-state index contributed by atoms with van der Waals surface area (Å²) in [4.78, 5) is 23.8. The van der Waals surface area contributed by atoms with Gasteiger partial charge >= 0.3 is 5.97 Å². The molecule has 3 N–H and O–H groups in total. The summed E-state index contributed by atoms with van der Waals surface area (Å²) in [5.74, 6) is -0.497. The van der Waals surface area contributed by atoms with Crippen molar-refractivity contribution in [3.63, 3.8) is 0 Å². The predicted molar refractivity (Wildman–Crippen MR) is 105 cm³/mol. The van der Waals surface area contributed by atoms with Crippen molar-refractivity contribution in [2.45, 2.75) is 51.8 Å². The van der Waals surface area contributed by atoms with Gasteiger partial charge in [-0.25, -0.2) is 5.48 Å². The molecule has 1 amide bonds. The second-order valence-electron chi connectivity index (χ2n) is 7.73. The summed E-state index contributed by atoms with van der Waals surface area (Å²) >= 11 is 0. The Labute approximate surface area is 166 Å². The van der Waals surface area contributed by atoms with Gasteiger partial charge in [0.2, 0.25) is 0 Å². The topological polar surface area (TPSA) is 96.9 Å². The van der Waals surface area contributed by atoms with Crippen molar-refractivity contribution in [3.8, 4) is 0 Å². The summed E-state index contributed by atoms with van der Waals surface area (Å²) in [6.07, 6.45) is 4.09. The molecule has 1 aliphatic heterocycles. The van der Waals surface area contributed by atoms with E-state index in [0.29, 0.717) is 32.1 Å². The van der Waals surface area contributed by atoms with Crippen molar-refractivity contribution in [2.24, 2.45) is 5.92 Å². The van der Waals surface area contributed by atoms with E-state index in [4.69, 9.17) is 14.7 Å². The van der Waals surface area contributed by atoms with Crippen LogP contribution >= 0.6 is 0 Å². The van der Waals surface area contributed by atoms with Crippen LogP contribution in [0.2, 0.25) is 0 Å². The Balaban J connectivity index is 1.99.